The molecule has 6 bridgehead atoms. The highest BCUT2D eigenvalue weighted by Gasteiger charge is 2.40. The largest absolute Gasteiger partial charge is 0.384 e. The zero-order valence-electron chi connectivity index (χ0n) is 76.0. The molecule has 27 nitrogen and oxygen atoms in total. The minimum absolute atomic E-state index is 0. The first-order valence-electron chi connectivity index (χ1n) is 43.7. The molecule has 700 valence electrons. The van der Waals surface area contributed by atoms with E-state index in [9.17, 15) is 28.8 Å². The second-order valence-corrected chi connectivity index (χ2v) is 37.6. The monoisotopic (exact) mass is 1920 g/mol. The molecule has 0 spiro atoms. The second kappa shape index (κ2) is 40.5. The molecule has 5 atom stereocenters. The summed E-state index contributed by atoms with van der Waals surface area (Å²) < 4.78 is 99.3. The molecule has 0 unspecified atom stereocenters. The van der Waals surface area contributed by atoms with Crippen LogP contribution in [0.5, 0.6) is 0 Å². The van der Waals surface area contributed by atoms with Gasteiger partial charge < -0.3 is 44.9 Å². The van der Waals surface area contributed by atoms with Crippen LogP contribution in [0.15, 0.2) is 177 Å². The van der Waals surface area contributed by atoms with E-state index >= 15 is 26.3 Å². The fourth-order valence-electron chi connectivity index (χ4n) is 18.0. The molecule has 0 aliphatic carbocycles. The quantitative estimate of drug-likeness (QED) is 0.100. The van der Waals surface area contributed by atoms with E-state index in [2.05, 4.69) is 60.3 Å². The maximum atomic E-state index is 16.3. The Morgan fingerprint density at radius 2 is 0.769 bits per heavy atom. The molecule has 15 heterocycles. The summed E-state index contributed by atoms with van der Waals surface area (Å²) in [6.45, 7) is 36.3. The number of carbonyl (C=O) groups excluding carboxylic acids is 3. The van der Waals surface area contributed by atoms with Gasteiger partial charge in [0.25, 0.3) is 0 Å². The Morgan fingerprint density at radius 3 is 1.14 bits per heavy atom. The molecule has 6 aliphatic heterocycles. The first-order chi connectivity index (χ1) is 63.3. The smallest absolute Gasteiger partial charge is 0.355 e. The van der Waals surface area contributed by atoms with Gasteiger partial charge in [-0.25, -0.2) is 69.4 Å². The highest BCUT2D eigenvalue weighted by atomic mass is 32.2. The number of aromatic nitrogens is 12. The predicted molar refractivity (Wildman–Crippen MR) is 530 cm³/mol. The summed E-state index contributed by atoms with van der Waals surface area (Å²) in [4.78, 5) is 137. The molecule has 0 saturated carbocycles. The van der Waals surface area contributed by atoms with Gasteiger partial charge in [-0.05, 0) is 143 Å². The lowest BCUT2D eigenvalue weighted by molar-refractivity contribution is -0.129. The van der Waals surface area contributed by atoms with Crippen molar-refractivity contribution >= 4 is 148 Å². The number of carbonyl (C=O) groups is 3. The van der Waals surface area contributed by atoms with Crippen LogP contribution in [0, 0.1) is 34.9 Å². The first kappa shape index (κ1) is 97.8. The Bertz CT molecular complexity index is 6870. The number of fused-ring (bicyclic) bond motifs is 15. The highest BCUT2D eigenvalue weighted by molar-refractivity contribution is 8.00. The zero-order chi connectivity index (χ0) is 93.9. The molecular weight excluding hydrogens is 1820 g/mol. The van der Waals surface area contributed by atoms with Crippen LogP contribution < -0.4 is 47.3 Å². The zero-order valence-corrected chi connectivity index (χ0v) is 80.4. The molecule has 12 aromatic rings. The van der Waals surface area contributed by atoms with Crippen molar-refractivity contribution in [1.82, 2.24) is 73.3 Å². The van der Waals surface area contributed by atoms with Gasteiger partial charge in [0, 0.05) is 170 Å². The lowest BCUT2D eigenvalue weighted by Crippen LogP contribution is -2.58. The number of benzene rings is 3. The lowest BCUT2D eigenvalue weighted by Gasteiger charge is -2.44. The van der Waals surface area contributed by atoms with E-state index < -0.39 is 52.0 Å². The van der Waals surface area contributed by atoms with E-state index in [4.69, 9.17) is 15.0 Å². The van der Waals surface area contributed by atoms with Crippen LogP contribution in [0.2, 0.25) is 0 Å². The van der Waals surface area contributed by atoms with Crippen molar-refractivity contribution in [3.63, 3.8) is 0 Å². The second-order valence-electron chi connectivity index (χ2n) is 34.2. The standard InChI is InChI=1S/C33H35F2N7O2S.C32H33F2N7O2S.C31H31F2N7O2S.2H2S/c1-7-26(43)40-16-20(5)41(17-19(40)4)31-21-15-23(35)29-27-22(34)9-8-10-24(27)39(6)13-14-45-25-11-12-36-28(18(2)3)30(25)42(32(21)37-29)33(44)38-31;1-6-25(42)39-15-19(5)40(16-18(39)4)30-20-14-22(34)28-26-21(33)8-7-9-23(26)35-12-13-44-24-10-11-36-27(17(2)3)29(24)41(31(20)37-28)32(43)38-30;1-5-24(41)38-12-13-39(18(4)16-38)29-19-15-21(33)27-25-20(32)7-6-8-22(25)34-11-14-43-23-9-10-35-26(17(2)3)28(23)40(30(19)36-27)31(42)37-29;;/h7-12,15,18-20H,1,13-14,16-17H2,2-6H3;6-11,14,17-19,35H,1,12-13,15-16H2,2-5H3;5-10,15,17-18,34H,1,11-14,16H2,2-4H3;2*1H2/t19-,20+;18-,19+;18-;;/m110../s1. The number of hydrogen-bond donors (Lipinski definition) is 2. The minimum atomic E-state index is -0.748. The fraction of sp³-hybridized carbons (Fsp3) is 0.344. The maximum Gasteiger partial charge on any atom is 0.355 e. The van der Waals surface area contributed by atoms with Crippen LogP contribution in [0.4, 0.5) is 60.9 Å². The van der Waals surface area contributed by atoms with Crippen LogP contribution in [-0.2, 0) is 14.4 Å². The number of hydrogen-bond acceptors (Lipinski definition) is 24. The van der Waals surface area contributed by atoms with Gasteiger partial charge >= 0.3 is 17.1 Å². The molecular formula is C96H103F6N21O6S5. The molecule has 3 aromatic carbocycles. The molecule has 3 fully saturated rings. The average Bonchev–Trinajstić information content (AvgIpc) is 0.734. The van der Waals surface area contributed by atoms with Gasteiger partial charge in [0.05, 0.1) is 67.0 Å². The third kappa shape index (κ3) is 18.4. The SMILES string of the molecule is C=CC(=O)N1CCN(c2nc(=O)n3c4nc(c(F)cc24)-c2c(F)cccc2NCCSc2ccnc(C(C)C)c2-3)[C@@H](C)C1.C=CC(=O)N1C[C@H](C)N(c2nc(=O)n3c4nc(c(F)cc24)-c2c(F)cccc2N(C)CCSc2ccnc(C(C)C)c2-3)C[C@H]1C.C=CC(=O)N1C[C@H](C)N(c2nc(=O)n3c4nc(c(F)cc24)-c2c(F)cccc2NCCSc2ccnc(C(C)C)c2-3)C[C@H]1C.S.S. The number of anilines is 6. The Hall–Kier alpha value is -12.3. The van der Waals surface area contributed by atoms with Crippen molar-refractivity contribution < 1.29 is 40.7 Å². The maximum absolute atomic E-state index is 16.3. The number of thioether (sulfide) groups is 3. The van der Waals surface area contributed by atoms with Gasteiger partial charge in [-0.3, -0.25) is 29.3 Å². The third-order valence-electron chi connectivity index (χ3n) is 24.5. The van der Waals surface area contributed by atoms with Crippen molar-refractivity contribution in [3.05, 3.63) is 231 Å². The van der Waals surface area contributed by atoms with E-state index in [1.807, 2.05) is 121 Å². The van der Waals surface area contributed by atoms with E-state index in [1.165, 1.54) is 91.9 Å². The fourth-order valence-corrected chi connectivity index (χ4v) is 20.9. The number of piperazine rings is 3. The highest BCUT2D eigenvalue weighted by Crippen LogP contribution is 2.45. The van der Waals surface area contributed by atoms with Gasteiger partial charge in [-0.1, -0.05) is 79.5 Å². The summed E-state index contributed by atoms with van der Waals surface area (Å²) >= 11 is 4.61. The molecule has 3 amide bonds. The molecule has 6 aliphatic rings. The lowest BCUT2D eigenvalue weighted by atomic mass is 10.0. The van der Waals surface area contributed by atoms with E-state index in [-0.39, 0.29) is 161 Å². The van der Waals surface area contributed by atoms with E-state index in [1.54, 1.807) is 81.5 Å². The van der Waals surface area contributed by atoms with Gasteiger partial charge in [-0.2, -0.15) is 41.9 Å². The summed E-state index contributed by atoms with van der Waals surface area (Å²) in [7, 11) is 1.84. The van der Waals surface area contributed by atoms with Crippen molar-refractivity contribution in [2.45, 2.75) is 139 Å². The number of halogens is 6. The number of amides is 3. The summed E-state index contributed by atoms with van der Waals surface area (Å²) in [5.74, 6) is -2.30. The van der Waals surface area contributed by atoms with Crippen molar-refractivity contribution in [2.24, 2.45) is 0 Å². The normalized spacial score (nSPS) is 17.6. The van der Waals surface area contributed by atoms with Crippen LogP contribution >= 0.6 is 62.3 Å². The van der Waals surface area contributed by atoms with Gasteiger partial charge in [0.2, 0.25) is 17.7 Å². The van der Waals surface area contributed by atoms with Crippen molar-refractivity contribution in [3.8, 4) is 50.8 Å². The third-order valence-corrected chi connectivity index (χ3v) is 27.6. The Morgan fingerprint density at radius 1 is 0.418 bits per heavy atom. The van der Waals surface area contributed by atoms with Crippen molar-refractivity contribution in [2.75, 3.05) is 120 Å². The van der Waals surface area contributed by atoms with Crippen LogP contribution in [0.3, 0.4) is 0 Å². The van der Waals surface area contributed by atoms with E-state index in [0.29, 0.717) is 150 Å². The Balaban J connectivity index is 0.000000160. The van der Waals surface area contributed by atoms with E-state index in [0.717, 1.165) is 14.7 Å². The van der Waals surface area contributed by atoms with Crippen molar-refractivity contribution in [1.29, 1.82) is 0 Å². The van der Waals surface area contributed by atoms with Gasteiger partial charge in [0.15, 0.2) is 34.4 Å². The average molecular weight is 1920 g/mol. The Labute approximate surface area is 797 Å². The van der Waals surface area contributed by atoms with Crippen LogP contribution in [0.25, 0.3) is 83.9 Å². The number of nitrogens with zero attached hydrogens (tertiary/aromatic N) is 19. The number of rotatable bonds is 9. The predicted octanol–water partition coefficient (Wildman–Crippen LogP) is 16.0. The summed E-state index contributed by atoms with van der Waals surface area (Å²) in [6, 6.07) is 21.9. The summed E-state index contributed by atoms with van der Waals surface area (Å²) in [6.07, 6.45) is 8.99. The van der Waals surface area contributed by atoms with Crippen LogP contribution in [0.1, 0.15) is 111 Å². The van der Waals surface area contributed by atoms with Gasteiger partial charge in [0.1, 0.15) is 52.0 Å². The Kier molecular flexibility index (Phi) is 29.5. The number of pyridine rings is 6. The molecule has 38 heteroatoms. The molecule has 0 radical (unpaired) electrons. The number of nitrogens with one attached hydrogen (secondary N) is 2. The minimum Gasteiger partial charge on any atom is -0.384 e. The van der Waals surface area contributed by atoms with Crippen LogP contribution in [-0.4, -0.2) is 211 Å². The summed E-state index contributed by atoms with van der Waals surface area (Å²) in [5.41, 5.74) is 2.92. The summed E-state index contributed by atoms with van der Waals surface area (Å²) in [5, 5.41) is 7.38. The molecule has 18 rings (SSSR count). The molecule has 2 N–H and O–H groups in total. The molecule has 9 aromatic heterocycles. The van der Waals surface area contributed by atoms with Gasteiger partial charge in [-0.15, -0.1) is 35.3 Å². The molecule has 3 saturated heterocycles. The first-order valence-corrected chi connectivity index (χ1v) is 46.7. The molecule has 134 heavy (non-hydrogen) atoms. The topological polar surface area (TPSA) is 280 Å².